The second-order valence-corrected chi connectivity index (χ2v) is 3.91. The van der Waals surface area contributed by atoms with E-state index in [2.05, 4.69) is 16.4 Å². The summed E-state index contributed by atoms with van der Waals surface area (Å²) < 4.78 is 0. The van der Waals surface area contributed by atoms with Crippen molar-refractivity contribution in [2.45, 2.75) is 6.42 Å². The highest BCUT2D eigenvalue weighted by Gasteiger charge is 2.00. The Hall–Kier alpha value is -2.54. The van der Waals surface area contributed by atoms with Gasteiger partial charge in [-0.2, -0.15) is 5.26 Å². The first kappa shape index (κ1) is 11.9. The molecular weight excluding hydrogens is 224 g/mol. The summed E-state index contributed by atoms with van der Waals surface area (Å²) in [6, 6.07) is 13.3. The number of rotatable bonds is 4. The third-order valence-electron chi connectivity index (χ3n) is 2.61. The average molecular weight is 238 g/mol. The molecule has 3 N–H and O–H groups in total. The number of nitrogens with one attached hydrogen (secondary N) is 1. The monoisotopic (exact) mass is 238 g/mol. The Labute approximate surface area is 106 Å². The van der Waals surface area contributed by atoms with Crippen LogP contribution in [0.25, 0.3) is 0 Å². The molecule has 0 atom stereocenters. The molecule has 0 radical (unpaired) electrons. The van der Waals surface area contributed by atoms with Gasteiger partial charge < -0.3 is 11.1 Å². The van der Waals surface area contributed by atoms with E-state index in [1.165, 1.54) is 0 Å². The molecule has 2 rings (SSSR count). The lowest BCUT2D eigenvalue weighted by molar-refractivity contribution is 0.961. The standard InChI is InChI=1S/C14H14N4/c15-10-11-9-13(4-5-14(11)16)18-8-6-12-3-1-2-7-17-12/h1-5,7,9,18H,6,8,16H2. The maximum Gasteiger partial charge on any atom is 0.101 e. The second-order valence-electron chi connectivity index (χ2n) is 3.91. The summed E-state index contributed by atoms with van der Waals surface area (Å²) >= 11 is 0. The highest BCUT2D eigenvalue weighted by molar-refractivity contribution is 5.61. The number of anilines is 2. The summed E-state index contributed by atoms with van der Waals surface area (Å²) in [5, 5.41) is 12.1. The summed E-state index contributed by atoms with van der Waals surface area (Å²) in [4.78, 5) is 4.25. The molecule has 1 aromatic carbocycles. The van der Waals surface area contributed by atoms with Crippen molar-refractivity contribution >= 4 is 11.4 Å². The Balaban J connectivity index is 1.93. The SMILES string of the molecule is N#Cc1cc(NCCc2ccccn2)ccc1N. The largest absolute Gasteiger partial charge is 0.398 e. The summed E-state index contributed by atoms with van der Waals surface area (Å²) in [6.07, 6.45) is 2.62. The summed E-state index contributed by atoms with van der Waals surface area (Å²) in [7, 11) is 0. The van der Waals surface area contributed by atoms with Crippen molar-refractivity contribution in [3.05, 3.63) is 53.9 Å². The number of aromatic nitrogens is 1. The van der Waals surface area contributed by atoms with Gasteiger partial charge in [-0.15, -0.1) is 0 Å². The fraction of sp³-hybridized carbons (Fsp3) is 0.143. The highest BCUT2D eigenvalue weighted by Crippen LogP contribution is 2.16. The predicted molar refractivity (Wildman–Crippen MR) is 72.0 cm³/mol. The minimum atomic E-state index is 0.498. The third kappa shape index (κ3) is 2.98. The quantitative estimate of drug-likeness (QED) is 0.801. The van der Waals surface area contributed by atoms with Crippen LogP contribution in [-0.4, -0.2) is 11.5 Å². The molecule has 1 aromatic heterocycles. The molecule has 90 valence electrons. The topological polar surface area (TPSA) is 74.7 Å². The van der Waals surface area contributed by atoms with Gasteiger partial charge in [0.25, 0.3) is 0 Å². The minimum absolute atomic E-state index is 0.498. The Morgan fingerprint density at radius 1 is 1.28 bits per heavy atom. The van der Waals surface area contributed by atoms with Gasteiger partial charge in [-0.3, -0.25) is 4.98 Å². The molecule has 4 heteroatoms. The van der Waals surface area contributed by atoms with Crippen LogP contribution in [0.2, 0.25) is 0 Å². The number of hydrogen-bond acceptors (Lipinski definition) is 4. The Morgan fingerprint density at radius 2 is 2.17 bits per heavy atom. The molecule has 0 saturated heterocycles. The van der Waals surface area contributed by atoms with Gasteiger partial charge in [0, 0.05) is 36.2 Å². The smallest absolute Gasteiger partial charge is 0.101 e. The molecule has 0 aliphatic carbocycles. The van der Waals surface area contributed by atoms with Crippen LogP contribution in [0, 0.1) is 11.3 Å². The molecule has 4 nitrogen and oxygen atoms in total. The minimum Gasteiger partial charge on any atom is -0.398 e. The highest BCUT2D eigenvalue weighted by atomic mass is 14.9. The van der Waals surface area contributed by atoms with Crippen LogP contribution in [-0.2, 0) is 6.42 Å². The maximum atomic E-state index is 8.88. The van der Waals surface area contributed by atoms with Gasteiger partial charge in [0.05, 0.1) is 5.56 Å². The number of nitrogen functional groups attached to an aromatic ring is 1. The lowest BCUT2D eigenvalue weighted by Gasteiger charge is -2.07. The lowest BCUT2D eigenvalue weighted by Crippen LogP contribution is -2.06. The Kier molecular flexibility index (Phi) is 3.77. The third-order valence-corrected chi connectivity index (χ3v) is 2.61. The normalized spacial score (nSPS) is 9.72. The first-order valence-electron chi connectivity index (χ1n) is 5.73. The van der Waals surface area contributed by atoms with E-state index in [1.807, 2.05) is 24.3 Å². The van der Waals surface area contributed by atoms with Gasteiger partial charge in [-0.1, -0.05) is 6.07 Å². The van der Waals surface area contributed by atoms with Crippen molar-refractivity contribution in [1.82, 2.24) is 4.98 Å². The van der Waals surface area contributed by atoms with E-state index in [9.17, 15) is 0 Å². The number of pyridine rings is 1. The molecule has 1 heterocycles. The molecule has 2 aromatic rings. The zero-order valence-electron chi connectivity index (χ0n) is 9.93. The number of nitrogens with zero attached hydrogens (tertiary/aromatic N) is 2. The molecule has 0 unspecified atom stereocenters. The molecule has 0 bridgehead atoms. The van der Waals surface area contributed by atoms with Crippen molar-refractivity contribution in [1.29, 1.82) is 5.26 Å². The van der Waals surface area contributed by atoms with Gasteiger partial charge in [0.15, 0.2) is 0 Å². The van der Waals surface area contributed by atoms with Gasteiger partial charge >= 0.3 is 0 Å². The van der Waals surface area contributed by atoms with Crippen LogP contribution in [0.3, 0.4) is 0 Å². The molecule has 0 aliphatic heterocycles. The average Bonchev–Trinajstić information content (AvgIpc) is 2.42. The van der Waals surface area contributed by atoms with Gasteiger partial charge in [0.1, 0.15) is 6.07 Å². The molecular formula is C14H14N4. The fourth-order valence-electron chi connectivity index (χ4n) is 1.64. The molecule has 18 heavy (non-hydrogen) atoms. The molecule has 0 saturated carbocycles. The lowest BCUT2D eigenvalue weighted by atomic mass is 10.1. The van der Waals surface area contributed by atoms with Gasteiger partial charge in [0.2, 0.25) is 0 Å². The number of benzene rings is 1. The van der Waals surface area contributed by atoms with E-state index in [0.29, 0.717) is 11.3 Å². The Bertz CT molecular complexity index is 558. The summed E-state index contributed by atoms with van der Waals surface area (Å²) in [6.45, 7) is 0.770. The van der Waals surface area contributed by atoms with Crippen LogP contribution in [0.5, 0.6) is 0 Å². The molecule has 0 aliphatic rings. The predicted octanol–water partition coefficient (Wildman–Crippen LogP) is 2.19. The van der Waals surface area contributed by atoms with E-state index in [0.717, 1.165) is 24.3 Å². The zero-order valence-corrected chi connectivity index (χ0v) is 9.93. The fourth-order valence-corrected chi connectivity index (χ4v) is 1.64. The van der Waals surface area contributed by atoms with E-state index in [4.69, 9.17) is 11.0 Å². The van der Waals surface area contributed by atoms with E-state index < -0.39 is 0 Å². The molecule has 0 amide bonds. The van der Waals surface area contributed by atoms with E-state index >= 15 is 0 Å². The van der Waals surface area contributed by atoms with Crippen molar-refractivity contribution in [3.63, 3.8) is 0 Å². The van der Waals surface area contributed by atoms with Crippen molar-refractivity contribution < 1.29 is 0 Å². The number of nitriles is 1. The molecule has 0 fully saturated rings. The van der Waals surface area contributed by atoms with Crippen molar-refractivity contribution in [2.75, 3.05) is 17.6 Å². The van der Waals surface area contributed by atoms with Crippen LogP contribution in [0.15, 0.2) is 42.6 Å². The summed E-state index contributed by atoms with van der Waals surface area (Å²) in [5.74, 6) is 0. The second kappa shape index (κ2) is 5.69. The number of hydrogen-bond donors (Lipinski definition) is 2. The summed E-state index contributed by atoms with van der Waals surface area (Å²) in [5.41, 5.74) is 8.61. The van der Waals surface area contributed by atoms with Crippen molar-refractivity contribution in [3.8, 4) is 6.07 Å². The van der Waals surface area contributed by atoms with Crippen LogP contribution in [0.1, 0.15) is 11.3 Å². The number of nitrogens with two attached hydrogens (primary N) is 1. The van der Waals surface area contributed by atoms with E-state index in [-0.39, 0.29) is 0 Å². The van der Waals surface area contributed by atoms with Gasteiger partial charge in [-0.25, -0.2) is 0 Å². The maximum absolute atomic E-state index is 8.88. The van der Waals surface area contributed by atoms with Crippen LogP contribution in [0.4, 0.5) is 11.4 Å². The first-order valence-corrected chi connectivity index (χ1v) is 5.73. The van der Waals surface area contributed by atoms with Gasteiger partial charge in [-0.05, 0) is 30.3 Å². The zero-order chi connectivity index (χ0) is 12.8. The van der Waals surface area contributed by atoms with E-state index in [1.54, 1.807) is 18.3 Å². The first-order chi connectivity index (χ1) is 8.79. The van der Waals surface area contributed by atoms with Crippen molar-refractivity contribution in [2.24, 2.45) is 0 Å². The Morgan fingerprint density at radius 3 is 2.89 bits per heavy atom. The van der Waals surface area contributed by atoms with Crippen LogP contribution < -0.4 is 11.1 Å². The molecule has 0 spiro atoms. The van der Waals surface area contributed by atoms with Crippen LogP contribution >= 0.6 is 0 Å².